The average Bonchev–Trinajstić information content (AvgIpc) is 2.44. The summed E-state index contributed by atoms with van der Waals surface area (Å²) in [4.78, 5) is 23.2. The van der Waals surface area contributed by atoms with Crippen LogP contribution in [0.1, 0.15) is 38.2 Å². The van der Waals surface area contributed by atoms with Gasteiger partial charge >= 0.3 is 5.97 Å². The van der Waals surface area contributed by atoms with Crippen LogP contribution < -0.4 is 0 Å². The zero-order chi connectivity index (χ0) is 15.0. The Morgan fingerprint density at radius 1 is 1.20 bits per heavy atom. The van der Waals surface area contributed by atoms with E-state index in [9.17, 15) is 9.59 Å². The van der Waals surface area contributed by atoms with Crippen molar-refractivity contribution in [1.29, 1.82) is 0 Å². The molecule has 0 bridgehead atoms. The fourth-order valence-corrected chi connectivity index (χ4v) is 2.29. The molecule has 0 heterocycles. The summed E-state index contributed by atoms with van der Waals surface area (Å²) in [7, 11) is 1.30. The molecular weight excluding hydrogens is 276 g/mol. The molecule has 1 unspecified atom stereocenters. The van der Waals surface area contributed by atoms with Crippen LogP contribution in [0.25, 0.3) is 0 Å². The van der Waals surface area contributed by atoms with E-state index >= 15 is 0 Å². The normalized spacial score (nSPS) is 11.9. The lowest BCUT2D eigenvalue weighted by Gasteiger charge is -2.14. The Morgan fingerprint density at radius 2 is 1.85 bits per heavy atom. The second-order valence-corrected chi connectivity index (χ2v) is 5.31. The zero-order valence-corrected chi connectivity index (χ0v) is 12.8. The first kappa shape index (κ1) is 16.7. The lowest BCUT2D eigenvalue weighted by molar-refractivity contribution is -0.144. The van der Waals surface area contributed by atoms with Gasteiger partial charge in [-0.3, -0.25) is 9.59 Å². The van der Waals surface area contributed by atoms with Gasteiger partial charge in [0.1, 0.15) is 12.2 Å². The second kappa shape index (κ2) is 8.75. The highest BCUT2D eigenvalue weighted by Crippen LogP contribution is 2.19. The van der Waals surface area contributed by atoms with Gasteiger partial charge in [-0.1, -0.05) is 37.1 Å². The Balaban J connectivity index is 2.55. The predicted molar refractivity (Wildman–Crippen MR) is 79.8 cm³/mol. The van der Waals surface area contributed by atoms with Gasteiger partial charge in [-0.25, -0.2) is 0 Å². The van der Waals surface area contributed by atoms with E-state index in [2.05, 4.69) is 4.74 Å². The maximum Gasteiger partial charge on any atom is 0.313 e. The van der Waals surface area contributed by atoms with Gasteiger partial charge in [0.25, 0.3) is 0 Å². The Morgan fingerprint density at radius 3 is 2.40 bits per heavy atom. The molecule has 1 aromatic carbocycles. The number of ketones is 1. The molecule has 1 rings (SSSR count). The van der Waals surface area contributed by atoms with Crippen LogP contribution in [0.2, 0.25) is 5.02 Å². The molecule has 3 nitrogen and oxygen atoms in total. The number of ether oxygens (including phenoxy) is 1. The van der Waals surface area contributed by atoms with Crippen LogP contribution in [0.3, 0.4) is 0 Å². The first-order chi connectivity index (χ1) is 9.56. The van der Waals surface area contributed by atoms with Crippen LogP contribution in [0.15, 0.2) is 24.3 Å². The van der Waals surface area contributed by atoms with Crippen LogP contribution in [-0.2, 0) is 20.7 Å². The van der Waals surface area contributed by atoms with Gasteiger partial charge in [-0.05, 0) is 37.0 Å². The van der Waals surface area contributed by atoms with Crippen molar-refractivity contribution >= 4 is 23.4 Å². The third-order valence-corrected chi connectivity index (χ3v) is 3.59. The van der Waals surface area contributed by atoms with Gasteiger partial charge in [-0.2, -0.15) is 0 Å². The lowest BCUT2D eigenvalue weighted by Crippen LogP contribution is -2.19. The van der Waals surface area contributed by atoms with Gasteiger partial charge in [0.05, 0.1) is 7.11 Å². The summed E-state index contributed by atoms with van der Waals surface area (Å²) in [5.74, 6) is -0.551. The first-order valence-electron chi connectivity index (χ1n) is 6.90. The summed E-state index contributed by atoms with van der Waals surface area (Å²) in [6, 6.07) is 7.64. The van der Waals surface area contributed by atoms with Crippen molar-refractivity contribution in [1.82, 2.24) is 0 Å². The molecule has 4 heteroatoms. The molecule has 1 aromatic rings. The quantitative estimate of drug-likeness (QED) is 0.541. The lowest BCUT2D eigenvalue weighted by atomic mass is 9.90. The number of aryl methyl sites for hydroxylation is 1. The maximum absolute atomic E-state index is 12.1. The topological polar surface area (TPSA) is 43.4 Å². The fraction of sp³-hybridized carbons (Fsp3) is 0.500. The maximum atomic E-state index is 12.1. The van der Waals surface area contributed by atoms with E-state index in [-0.39, 0.29) is 18.1 Å². The van der Waals surface area contributed by atoms with Crippen molar-refractivity contribution in [2.45, 2.75) is 39.0 Å². The molecule has 0 aromatic heterocycles. The van der Waals surface area contributed by atoms with Crippen LogP contribution in [-0.4, -0.2) is 18.9 Å². The van der Waals surface area contributed by atoms with Crippen molar-refractivity contribution in [2.24, 2.45) is 5.92 Å². The summed E-state index contributed by atoms with van der Waals surface area (Å²) in [5.41, 5.74) is 1.15. The molecule has 0 fully saturated rings. The van der Waals surface area contributed by atoms with E-state index in [0.29, 0.717) is 5.02 Å². The highest BCUT2D eigenvalue weighted by Gasteiger charge is 2.20. The van der Waals surface area contributed by atoms with Crippen LogP contribution >= 0.6 is 11.6 Å². The molecule has 0 radical (unpaired) electrons. The molecule has 0 saturated carbocycles. The minimum Gasteiger partial charge on any atom is -0.469 e. The minimum absolute atomic E-state index is 0.0207. The standard InChI is InChI=1S/C16H21ClO3/c1-3-4-13(15(18)11-16(19)20-2)8-5-12-6-9-14(17)10-7-12/h6-7,9-10,13H,3-5,8,11H2,1-2H3. The first-order valence-corrected chi connectivity index (χ1v) is 7.28. The van der Waals surface area contributed by atoms with Crippen molar-refractivity contribution in [3.05, 3.63) is 34.9 Å². The van der Waals surface area contributed by atoms with E-state index < -0.39 is 5.97 Å². The Hall–Kier alpha value is -1.35. The molecule has 0 aliphatic rings. The monoisotopic (exact) mass is 296 g/mol. The number of hydrogen-bond donors (Lipinski definition) is 0. The summed E-state index contributed by atoms with van der Waals surface area (Å²) in [6.07, 6.45) is 3.18. The summed E-state index contributed by atoms with van der Waals surface area (Å²) < 4.78 is 4.55. The highest BCUT2D eigenvalue weighted by atomic mass is 35.5. The van der Waals surface area contributed by atoms with E-state index in [4.69, 9.17) is 11.6 Å². The van der Waals surface area contributed by atoms with Crippen molar-refractivity contribution < 1.29 is 14.3 Å². The third kappa shape index (κ3) is 5.74. The van der Waals surface area contributed by atoms with Gasteiger partial charge in [-0.15, -0.1) is 0 Å². The molecular formula is C16H21ClO3. The summed E-state index contributed by atoms with van der Waals surface area (Å²) >= 11 is 5.84. The van der Waals surface area contributed by atoms with Crippen molar-refractivity contribution in [3.8, 4) is 0 Å². The smallest absolute Gasteiger partial charge is 0.313 e. The molecule has 20 heavy (non-hydrogen) atoms. The molecule has 1 atom stereocenters. The van der Waals surface area contributed by atoms with Gasteiger partial charge < -0.3 is 4.74 Å². The van der Waals surface area contributed by atoms with Gasteiger partial charge in [0.2, 0.25) is 0 Å². The SMILES string of the molecule is CCCC(CCc1ccc(Cl)cc1)C(=O)CC(=O)OC. The molecule has 0 amide bonds. The molecule has 0 spiro atoms. The van der Waals surface area contributed by atoms with E-state index in [1.165, 1.54) is 7.11 Å². The van der Waals surface area contributed by atoms with Gasteiger partial charge in [0.15, 0.2) is 0 Å². The van der Waals surface area contributed by atoms with Crippen LogP contribution in [0, 0.1) is 5.92 Å². The third-order valence-electron chi connectivity index (χ3n) is 3.33. The number of hydrogen-bond acceptors (Lipinski definition) is 3. The molecule has 0 N–H and O–H groups in total. The van der Waals surface area contributed by atoms with E-state index in [1.54, 1.807) is 0 Å². The number of esters is 1. The molecule has 110 valence electrons. The number of Topliss-reactive ketones (excluding diaryl/α,β-unsaturated/α-hetero) is 1. The highest BCUT2D eigenvalue weighted by molar-refractivity contribution is 6.30. The number of methoxy groups -OCH3 is 1. The minimum atomic E-state index is -0.456. The van der Waals surface area contributed by atoms with Crippen molar-refractivity contribution in [2.75, 3.05) is 7.11 Å². The van der Waals surface area contributed by atoms with Crippen molar-refractivity contribution in [3.63, 3.8) is 0 Å². The Kier molecular flexibility index (Phi) is 7.31. The number of benzene rings is 1. The molecule has 0 aliphatic heterocycles. The van der Waals surface area contributed by atoms with Crippen LogP contribution in [0.5, 0.6) is 0 Å². The Bertz CT molecular complexity index is 440. The van der Waals surface area contributed by atoms with E-state index in [1.807, 2.05) is 31.2 Å². The molecule has 0 saturated heterocycles. The van der Waals surface area contributed by atoms with Gasteiger partial charge in [0, 0.05) is 10.9 Å². The number of carbonyl (C=O) groups excluding carboxylic acids is 2. The predicted octanol–water partition coefficient (Wildman–Crippen LogP) is 3.82. The Labute approximate surface area is 125 Å². The number of halogens is 1. The summed E-state index contributed by atoms with van der Waals surface area (Å²) in [6.45, 7) is 2.04. The average molecular weight is 297 g/mol. The second-order valence-electron chi connectivity index (χ2n) is 4.87. The van der Waals surface area contributed by atoms with E-state index in [0.717, 1.165) is 31.2 Å². The number of carbonyl (C=O) groups is 2. The summed E-state index contributed by atoms with van der Waals surface area (Å²) in [5, 5.41) is 0.709. The number of rotatable bonds is 8. The van der Waals surface area contributed by atoms with Crippen LogP contribution in [0.4, 0.5) is 0 Å². The fourth-order valence-electron chi connectivity index (χ4n) is 2.17. The largest absolute Gasteiger partial charge is 0.469 e. The zero-order valence-electron chi connectivity index (χ0n) is 12.0. The molecule has 0 aliphatic carbocycles.